The standard InChI is InChI=1S/C23H20N4O3/c1-17-24-21(27-13-5-6-14-27)15-23(25-17)30-20-11-9-18(10-12-20)26-22(28)16-29-19-7-3-2-4-8-19/h2-15H,16H2,1H3,(H,26,28). The van der Waals surface area contributed by atoms with Gasteiger partial charge >= 0.3 is 0 Å². The van der Waals surface area contributed by atoms with Crippen molar-refractivity contribution in [1.29, 1.82) is 0 Å². The molecule has 2 aromatic heterocycles. The second-order valence-electron chi connectivity index (χ2n) is 6.48. The Bertz CT molecular complexity index is 1110. The summed E-state index contributed by atoms with van der Waals surface area (Å²) in [6.45, 7) is 1.75. The summed E-state index contributed by atoms with van der Waals surface area (Å²) in [4.78, 5) is 20.8. The second kappa shape index (κ2) is 8.91. The van der Waals surface area contributed by atoms with E-state index < -0.39 is 0 Å². The molecule has 7 nitrogen and oxygen atoms in total. The highest BCUT2D eigenvalue weighted by Crippen LogP contribution is 2.23. The molecule has 0 fully saturated rings. The van der Waals surface area contributed by atoms with Crippen LogP contribution in [0, 0.1) is 6.92 Å². The molecule has 4 rings (SSSR count). The van der Waals surface area contributed by atoms with E-state index in [9.17, 15) is 4.79 Å². The van der Waals surface area contributed by atoms with Gasteiger partial charge in [-0.3, -0.25) is 4.79 Å². The van der Waals surface area contributed by atoms with Crippen LogP contribution >= 0.6 is 0 Å². The molecule has 0 radical (unpaired) electrons. The molecule has 0 saturated heterocycles. The van der Waals surface area contributed by atoms with Gasteiger partial charge < -0.3 is 19.4 Å². The number of carbonyl (C=O) groups excluding carboxylic acids is 1. The SMILES string of the molecule is Cc1nc(Oc2ccc(NC(=O)COc3ccccc3)cc2)cc(-n2cccc2)n1. The third kappa shape index (κ3) is 5.02. The number of ether oxygens (including phenoxy) is 2. The molecule has 0 atom stereocenters. The molecule has 0 unspecified atom stereocenters. The van der Waals surface area contributed by atoms with E-state index in [1.165, 1.54) is 0 Å². The molecule has 0 aliphatic heterocycles. The van der Waals surface area contributed by atoms with Gasteiger partial charge in [0, 0.05) is 24.1 Å². The van der Waals surface area contributed by atoms with Gasteiger partial charge in [-0.15, -0.1) is 0 Å². The molecule has 1 N–H and O–H groups in total. The first-order valence-corrected chi connectivity index (χ1v) is 9.40. The number of nitrogens with one attached hydrogen (secondary N) is 1. The van der Waals surface area contributed by atoms with Gasteiger partial charge in [-0.25, -0.2) is 4.98 Å². The van der Waals surface area contributed by atoms with Crippen LogP contribution < -0.4 is 14.8 Å². The van der Waals surface area contributed by atoms with Crippen LogP contribution in [-0.4, -0.2) is 27.0 Å². The molecule has 2 heterocycles. The molecular weight excluding hydrogens is 380 g/mol. The molecule has 0 bridgehead atoms. The number of rotatable bonds is 7. The molecule has 2 aromatic carbocycles. The number of benzene rings is 2. The van der Waals surface area contributed by atoms with E-state index in [4.69, 9.17) is 9.47 Å². The minimum absolute atomic E-state index is 0.0648. The van der Waals surface area contributed by atoms with Crippen LogP contribution in [-0.2, 0) is 4.79 Å². The van der Waals surface area contributed by atoms with Gasteiger partial charge in [0.2, 0.25) is 5.88 Å². The largest absolute Gasteiger partial charge is 0.484 e. The van der Waals surface area contributed by atoms with E-state index in [0.29, 0.717) is 28.9 Å². The van der Waals surface area contributed by atoms with Crippen molar-refractivity contribution in [3.8, 4) is 23.2 Å². The van der Waals surface area contributed by atoms with Crippen molar-refractivity contribution in [2.45, 2.75) is 6.92 Å². The maximum Gasteiger partial charge on any atom is 0.262 e. The molecule has 7 heteroatoms. The Morgan fingerprint density at radius 2 is 1.67 bits per heavy atom. The normalized spacial score (nSPS) is 10.4. The zero-order chi connectivity index (χ0) is 20.8. The van der Waals surface area contributed by atoms with Gasteiger partial charge in [0.15, 0.2) is 6.61 Å². The zero-order valence-corrected chi connectivity index (χ0v) is 16.4. The second-order valence-corrected chi connectivity index (χ2v) is 6.48. The van der Waals surface area contributed by atoms with E-state index in [1.807, 2.05) is 54.2 Å². The van der Waals surface area contributed by atoms with Crippen molar-refractivity contribution in [1.82, 2.24) is 14.5 Å². The summed E-state index contributed by atoms with van der Waals surface area (Å²) in [6.07, 6.45) is 3.81. The van der Waals surface area contributed by atoms with Gasteiger partial charge in [0.25, 0.3) is 5.91 Å². The van der Waals surface area contributed by atoms with Gasteiger partial charge in [0.1, 0.15) is 23.1 Å². The van der Waals surface area contributed by atoms with Crippen LogP contribution in [0.2, 0.25) is 0 Å². The van der Waals surface area contributed by atoms with Gasteiger partial charge in [-0.1, -0.05) is 18.2 Å². The predicted molar refractivity (Wildman–Crippen MR) is 113 cm³/mol. The number of hydrogen-bond acceptors (Lipinski definition) is 5. The molecule has 30 heavy (non-hydrogen) atoms. The highest BCUT2D eigenvalue weighted by molar-refractivity contribution is 5.91. The Balaban J connectivity index is 1.36. The Morgan fingerprint density at radius 3 is 2.40 bits per heavy atom. The van der Waals surface area contributed by atoms with E-state index >= 15 is 0 Å². The third-order valence-electron chi connectivity index (χ3n) is 4.14. The maximum absolute atomic E-state index is 12.1. The number of para-hydroxylation sites is 1. The number of aryl methyl sites for hydroxylation is 1. The predicted octanol–water partition coefficient (Wildman–Crippen LogP) is 4.39. The summed E-state index contributed by atoms with van der Waals surface area (Å²) in [7, 11) is 0. The molecule has 0 spiro atoms. The summed E-state index contributed by atoms with van der Waals surface area (Å²) in [5.41, 5.74) is 0.649. The van der Waals surface area contributed by atoms with Crippen molar-refractivity contribution in [2.24, 2.45) is 0 Å². The Kier molecular flexibility index (Phi) is 5.70. The average molecular weight is 400 g/mol. The van der Waals surface area contributed by atoms with Crippen LogP contribution in [0.1, 0.15) is 5.82 Å². The number of carbonyl (C=O) groups is 1. The number of aromatic nitrogens is 3. The number of hydrogen-bond donors (Lipinski definition) is 1. The van der Waals surface area contributed by atoms with Crippen molar-refractivity contribution in [3.63, 3.8) is 0 Å². The van der Waals surface area contributed by atoms with E-state index in [2.05, 4.69) is 15.3 Å². The molecule has 4 aromatic rings. The molecule has 0 saturated carbocycles. The zero-order valence-electron chi connectivity index (χ0n) is 16.4. The number of anilines is 1. The van der Waals surface area contributed by atoms with Crippen LogP contribution in [0.3, 0.4) is 0 Å². The van der Waals surface area contributed by atoms with Gasteiger partial charge in [-0.05, 0) is 55.5 Å². The lowest BCUT2D eigenvalue weighted by Gasteiger charge is -2.10. The fourth-order valence-electron chi connectivity index (χ4n) is 2.79. The maximum atomic E-state index is 12.1. The topological polar surface area (TPSA) is 78.3 Å². The number of nitrogens with zero attached hydrogens (tertiary/aromatic N) is 3. The van der Waals surface area contributed by atoms with Gasteiger partial charge in [0.05, 0.1) is 0 Å². The highest BCUT2D eigenvalue weighted by atomic mass is 16.5. The minimum Gasteiger partial charge on any atom is -0.484 e. The van der Waals surface area contributed by atoms with Crippen LogP contribution in [0.25, 0.3) is 5.82 Å². The molecule has 1 amide bonds. The molecule has 0 aliphatic rings. The lowest BCUT2D eigenvalue weighted by Crippen LogP contribution is -2.20. The number of amides is 1. The molecule has 0 aliphatic carbocycles. The van der Waals surface area contributed by atoms with Crippen LogP contribution in [0.4, 0.5) is 5.69 Å². The lowest BCUT2D eigenvalue weighted by molar-refractivity contribution is -0.118. The first-order chi connectivity index (χ1) is 14.7. The average Bonchev–Trinajstić information content (AvgIpc) is 3.29. The van der Waals surface area contributed by atoms with E-state index in [1.54, 1.807) is 42.5 Å². The van der Waals surface area contributed by atoms with E-state index in [-0.39, 0.29) is 12.5 Å². The molecular formula is C23H20N4O3. The van der Waals surface area contributed by atoms with Crippen molar-refractivity contribution in [2.75, 3.05) is 11.9 Å². The fourth-order valence-corrected chi connectivity index (χ4v) is 2.79. The quantitative estimate of drug-likeness (QED) is 0.498. The van der Waals surface area contributed by atoms with Crippen molar-refractivity contribution >= 4 is 11.6 Å². The van der Waals surface area contributed by atoms with E-state index in [0.717, 1.165) is 5.82 Å². The molecule has 150 valence electrons. The van der Waals surface area contributed by atoms with Crippen LogP contribution in [0.15, 0.2) is 85.2 Å². The van der Waals surface area contributed by atoms with Crippen molar-refractivity contribution in [3.05, 3.63) is 91.0 Å². The monoisotopic (exact) mass is 400 g/mol. The highest BCUT2D eigenvalue weighted by Gasteiger charge is 2.07. The summed E-state index contributed by atoms with van der Waals surface area (Å²) in [5.74, 6) is 2.79. The van der Waals surface area contributed by atoms with Crippen LogP contribution in [0.5, 0.6) is 17.4 Å². The summed E-state index contributed by atoms with van der Waals surface area (Å²) < 4.78 is 13.2. The smallest absolute Gasteiger partial charge is 0.262 e. The minimum atomic E-state index is -0.240. The summed E-state index contributed by atoms with van der Waals surface area (Å²) >= 11 is 0. The lowest BCUT2D eigenvalue weighted by atomic mass is 10.3. The van der Waals surface area contributed by atoms with Gasteiger partial charge in [-0.2, -0.15) is 4.98 Å². The Labute approximate surface area is 173 Å². The first kappa shape index (κ1) is 19.2. The summed E-state index contributed by atoms with van der Waals surface area (Å²) in [5, 5.41) is 2.79. The Hall–Kier alpha value is -4.13. The first-order valence-electron chi connectivity index (χ1n) is 9.40. The third-order valence-corrected chi connectivity index (χ3v) is 4.14. The Morgan fingerprint density at radius 1 is 0.933 bits per heavy atom. The fraction of sp³-hybridized carbons (Fsp3) is 0.0870. The van der Waals surface area contributed by atoms with Crippen molar-refractivity contribution < 1.29 is 14.3 Å². The summed E-state index contributed by atoms with van der Waals surface area (Å²) in [6, 6.07) is 21.9.